The molecule has 1 fully saturated rings. The molecule has 0 aliphatic carbocycles. The van der Waals surface area contributed by atoms with Crippen LogP contribution in [-0.2, 0) is 0 Å². The number of likely N-dealkylation sites (tertiary alicyclic amines) is 1. The molecule has 1 N–H and O–H groups in total. The summed E-state index contributed by atoms with van der Waals surface area (Å²) >= 11 is 3.47. The lowest BCUT2D eigenvalue weighted by Gasteiger charge is -2.34. The Morgan fingerprint density at radius 1 is 0.944 bits per heavy atom. The van der Waals surface area contributed by atoms with Crippen molar-refractivity contribution in [2.45, 2.75) is 70.3 Å². The largest absolute Gasteiger partial charge is 0.395 e. The van der Waals surface area contributed by atoms with E-state index >= 15 is 0 Å². The van der Waals surface area contributed by atoms with Crippen molar-refractivity contribution < 1.29 is 5.11 Å². The Labute approximate surface area is 121 Å². The minimum absolute atomic E-state index is 0.354. The molecule has 2 nitrogen and oxygen atoms in total. The molecule has 18 heavy (non-hydrogen) atoms. The average Bonchev–Trinajstić information content (AvgIpc) is 2.42. The maximum absolute atomic E-state index is 9.34. The van der Waals surface area contributed by atoms with E-state index in [0.29, 0.717) is 12.6 Å². The van der Waals surface area contributed by atoms with Crippen LogP contribution < -0.4 is 0 Å². The SMILES string of the molecule is OCC1CCCCN1CCCCCCCCCBr. The Hall–Kier alpha value is 0.400. The lowest BCUT2D eigenvalue weighted by atomic mass is 10.0. The van der Waals surface area contributed by atoms with Crippen LogP contribution in [0.1, 0.15) is 64.2 Å². The van der Waals surface area contributed by atoms with Gasteiger partial charge in [-0.05, 0) is 38.8 Å². The van der Waals surface area contributed by atoms with Crippen LogP contribution in [0.4, 0.5) is 0 Å². The summed E-state index contributed by atoms with van der Waals surface area (Å²) in [6.07, 6.45) is 13.4. The zero-order valence-corrected chi connectivity index (χ0v) is 13.3. The molecular formula is C15H30BrNO. The highest BCUT2D eigenvalue weighted by molar-refractivity contribution is 9.09. The second-order valence-electron chi connectivity index (χ2n) is 5.53. The predicted octanol–water partition coefficient (Wildman–Crippen LogP) is 3.96. The first-order valence-electron chi connectivity index (χ1n) is 7.79. The summed E-state index contributed by atoms with van der Waals surface area (Å²) in [5.41, 5.74) is 0. The van der Waals surface area contributed by atoms with E-state index in [2.05, 4.69) is 20.8 Å². The first-order chi connectivity index (χ1) is 8.88. The van der Waals surface area contributed by atoms with Crippen molar-refractivity contribution in [2.24, 2.45) is 0 Å². The average molecular weight is 320 g/mol. The lowest BCUT2D eigenvalue weighted by molar-refractivity contribution is 0.0886. The van der Waals surface area contributed by atoms with E-state index < -0.39 is 0 Å². The predicted molar refractivity (Wildman–Crippen MR) is 82.4 cm³/mol. The number of rotatable bonds is 10. The van der Waals surface area contributed by atoms with Crippen LogP contribution in [0.15, 0.2) is 0 Å². The van der Waals surface area contributed by atoms with Gasteiger partial charge in [0.05, 0.1) is 6.61 Å². The molecule has 108 valence electrons. The van der Waals surface area contributed by atoms with Crippen LogP contribution in [0.3, 0.4) is 0 Å². The molecule has 1 aliphatic heterocycles. The summed E-state index contributed by atoms with van der Waals surface area (Å²) in [4.78, 5) is 2.51. The van der Waals surface area contributed by atoms with Gasteiger partial charge in [0.1, 0.15) is 0 Å². The number of aliphatic hydroxyl groups is 1. The highest BCUT2D eigenvalue weighted by atomic mass is 79.9. The standard InChI is InChI=1S/C15H30BrNO/c16-11-7-4-2-1-3-5-8-12-17-13-9-6-10-15(17)14-18/h15,18H,1-14H2. The second-order valence-corrected chi connectivity index (χ2v) is 6.33. The van der Waals surface area contributed by atoms with E-state index in [-0.39, 0.29) is 0 Å². The molecule has 1 atom stereocenters. The summed E-state index contributed by atoms with van der Waals surface area (Å²) in [5, 5.41) is 10.5. The Balaban J connectivity index is 1.93. The third-order valence-corrected chi connectivity index (χ3v) is 4.60. The highest BCUT2D eigenvalue weighted by Crippen LogP contribution is 2.17. The molecule has 3 heteroatoms. The molecule has 0 spiro atoms. The van der Waals surface area contributed by atoms with Gasteiger partial charge < -0.3 is 5.11 Å². The van der Waals surface area contributed by atoms with Crippen LogP contribution in [-0.4, -0.2) is 41.1 Å². The van der Waals surface area contributed by atoms with Crippen molar-refractivity contribution in [3.05, 3.63) is 0 Å². The smallest absolute Gasteiger partial charge is 0.0586 e. The number of hydrogen-bond donors (Lipinski definition) is 1. The Bertz CT molecular complexity index is 189. The maximum Gasteiger partial charge on any atom is 0.0586 e. The van der Waals surface area contributed by atoms with Gasteiger partial charge in [-0.2, -0.15) is 0 Å². The van der Waals surface area contributed by atoms with Crippen LogP contribution in [0.5, 0.6) is 0 Å². The monoisotopic (exact) mass is 319 g/mol. The van der Waals surface area contributed by atoms with E-state index in [4.69, 9.17) is 0 Å². The van der Waals surface area contributed by atoms with Gasteiger partial charge in [-0.3, -0.25) is 4.90 Å². The van der Waals surface area contributed by atoms with Crippen molar-refractivity contribution in [1.82, 2.24) is 4.90 Å². The summed E-state index contributed by atoms with van der Waals surface area (Å²) in [6.45, 7) is 2.76. The first kappa shape index (κ1) is 16.5. The van der Waals surface area contributed by atoms with Gasteiger partial charge in [0, 0.05) is 11.4 Å². The number of unbranched alkanes of at least 4 members (excludes halogenated alkanes) is 6. The van der Waals surface area contributed by atoms with Crippen molar-refractivity contribution in [3.8, 4) is 0 Å². The lowest BCUT2D eigenvalue weighted by Crippen LogP contribution is -2.42. The molecule has 0 bridgehead atoms. The number of aliphatic hydroxyl groups excluding tert-OH is 1. The van der Waals surface area contributed by atoms with E-state index in [0.717, 1.165) is 5.33 Å². The fraction of sp³-hybridized carbons (Fsp3) is 1.00. The van der Waals surface area contributed by atoms with Gasteiger partial charge in [-0.15, -0.1) is 0 Å². The topological polar surface area (TPSA) is 23.5 Å². The number of piperidine rings is 1. The first-order valence-corrected chi connectivity index (χ1v) is 8.91. The third-order valence-electron chi connectivity index (χ3n) is 4.04. The highest BCUT2D eigenvalue weighted by Gasteiger charge is 2.20. The van der Waals surface area contributed by atoms with Crippen LogP contribution >= 0.6 is 15.9 Å². The maximum atomic E-state index is 9.34. The van der Waals surface area contributed by atoms with Crippen molar-refractivity contribution in [2.75, 3.05) is 25.0 Å². The van der Waals surface area contributed by atoms with E-state index in [9.17, 15) is 5.11 Å². The Kier molecular flexibility index (Phi) is 10.3. The van der Waals surface area contributed by atoms with Crippen LogP contribution in [0.2, 0.25) is 0 Å². The fourth-order valence-electron chi connectivity index (χ4n) is 2.85. The normalized spacial score (nSPS) is 21.3. The van der Waals surface area contributed by atoms with E-state index in [1.54, 1.807) is 0 Å². The number of alkyl halides is 1. The molecule has 1 aliphatic rings. The fourth-order valence-corrected chi connectivity index (χ4v) is 3.25. The van der Waals surface area contributed by atoms with Gasteiger partial charge in [0.15, 0.2) is 0 Å². The quantitative estimate of drug-likeness (QED) is 0.486. The molecule has 0 aromatic carbocycles. The van der Waals surface area contributed by atoms with Gasteiger partial charge >= 0.3 is 0 Å². The minimum atomic E-state index is 0.354. The Morgan fingerprint density at radius 2 is 1.61 bits per heavy atom. The van der Waals surface area contributed by atoms with Crippen molar-refractivity contribution in [1.29, 1.82) is 0 Å². The van der Waals surface area contributed by atoms with E-state index in [1.165, 1.54) is 77.3 Å². The number of halogens is 1. The van der Waals surface area contributed by atoms with Gasteiger partial charge in [0.2, 0.25) is 0 Å². The zero-order valence-electron chi connectivity index (χ0n) is 11.7. The number of hydrogen-bond acceptors (Lipinski definition) is 2. The summed E-state index contributed by atoms with van der Waals surface area (Å²) in [7, 11) is 0. The minimum Gasteiger partial charge on any atom is -0.395 e. The van der Waals surface area contributed by atoms with Gasteiger partial charge in [-0.25, -0.2) is 0 Å². The van der Waals surface area contributed by atoms with Gasteiger partial charge in [-0.1, -0.05) is 54.5 Å². The zero-order chi connectivity index (χ0) is 13.1. The molecular weight excluding hydrogens is 290 g/mol. The van der Waals surface area contributed by atoms with E-state index in [1.807, 2.05) is 0 Å². The van der Waals surface area contributed by atoms with Crippen LogP contribution in [0.25, 0.3) is 0 Å². The molecule has 1 unspecified atom stereocenters. The van der Waals surface area contributed by atoms with Gasteiger partial charge in [0.25, 0.3) is 0 Å². The molecule has 1 heterocycles. The summed E-state index contributed by atoms with van der Waals surface area (Å²) in [5.74, 6) is 0. The van der Waals surface area contributed by atoms with Crippen molar-refractivity contribution >= 4 is 15.9 Å². The molecule has 0 saturated carbocycles. The molecule has 0 radical (unpaired) electrons. The third kappa shape index (κ3) is 7.10. The molecule has 0 aromatic heterocycles. The summed E-state index contributed by atoms with van der Waals surface area (Å²) < 4.78 is 0. The Morgan fingerprint density at radius 3 is 2.28 bits per heavy atom. The molecule has 0 amide bonds. The molecule has 0 aromatic rings. The second kappa shape index (κ2) is 11.2. The molecule has 1 rings (SSSR count). The molecule has 1 saturated heterocycles. The summed E-state index contributed by atoms with van der Waals surface area (Å²) in [6, 6.07) is 0.456. The number of nitrogens with zero attached hydrogens (tertiary/aromatic N) is 1. The van der Waals surface area contributed by atoms with Crippen LogP contribution in [0, 0.1) is 0 Å². The van der Waals surface area contributed by atoms with Crippen molar-refractivity contribution in [3.63, 3.8) is 0 Å².